The van der Waals surface area contributed by atoms with E-state index in [2.05, 4.69) is 177 Å². The summed E-state index contributed by atoms with van der Waals surface area (Å²) in [6.45, 7) is 4.95. The molecule has 0 heterocycles. The van der Waals surface area contributed by atoms with E-state index < -0.39 is 0 Å². The van der Waals surface area contributed by atoms with E-state index in [9.17, 15) is 0 Å². The Labute approximate surface area is 272 Å². The molecule has 0 spiro atoms. The molecule has 1 saturated carbocycles. The SMILES string of the molecule is CC1(C)C2C=CC=CC2C2c3ccc4ccc(N(c5cccc6ccccc56)C5C=CC(c6ccccc6)=CC5)cc4c3C=CC21. The molecule has 0 amide bonds. The zero-order valence-electron chi connectivity index (χ0n) is 26.6. The van der Waals surface area contributed by atoms with E-state index in [0.717, 1.165) is 6.42 Å². The summed E-state index contributed by atoms with van der Waals surface area (Å²) >= 11 is 0. The van der Waals surface area contributed by atoms with Crippen molar-refractivity contribution < 1.29 is 0 Å². The molecule has 9 rings (SSSR count). The Balaban J connectivity index is 1.18. The van der Waals surface area contributed by atoms with Gasteiger partial charge in [0.05, 0.1) is 6.04 Å². The fraction of sp³-hybridized carbons (Fsp3) is 0.200. The molecule has 1 nitrogen and oxygen atoms in total. The van der Waals surface area contributed by atoms with Crippen molar-refractivity contribution in [3.05, 3.63) is 168 Å². The minimum Gasteiger partial charge on any atom is -0.334 e. The molecule has 4 aliphatic rings. The normalized spacial score (nSPS) is 25.3. The summed E-state index contributed by atoms with van der Waals surface area (Å²) in [6, 6.07) is 38.4. The van der Waals surface area contributed by atoms with Crippen molar-refractivity contribution >= 4 is 44.6 Å². The molecule has 0 aromatic heterocycles. The lowest BCUT2D eigenvalue weighted by molar-refractivity contribution is 0.241. The zero-order chi connectivity index (χ0) is 30.8. The van der Waals surface area contributed by atoms with Gasteiger partial charge in [-0.2, -0.15) is 0 Å². The van der Waals surface area contributed by atoms with Gasteiger partial charge in [0, 0.05) is 16.8 Å². The molecule has 0 N–H and O–H groups in total. The van der Waals surface area contributed by atoms with Crippen LogP contribution in [0, 0.1) is 23.2 Å². The van der Waals surface area contributed by atoms with Crippen LogP contribution in [-0.4, -0.2) is 6.04 Å². The van der Waals surface area contributed by atoms with Crippen LogP contribution < -0.4 is 4.90 Å². The fourth-order valence-electron chi connectivity index (χ4n) is 9.15. The van der Waals surface area contributed by atoms with Gasteiger partial charge in [0.1, 0.15) is 0 Å². The second kappa shape index (κ2) is 10.6. The van der Waals surface area contributed by atoms with E-state index in [1.807, 2.05) is 0 Å². The van der Waals surface area contributed by atoms with Gasteiger partial charge in [-0.3, -0.25) is 0 Å². The number of fused-ring (bicyclic) bond motifs is 8. The monoisotopic (exact) mass is 593 g/mol. The lowest BCUT2D eigenvalue weighted by atomic mass is 9.70. The summed E-state index contributed by atoms with van der Waals surface area (Å²) in [7, 11) is 0. The first-order valence-corrected chi connectivity index (χ1v) is 16.9. The van der Waals surface area contributed by atoms with E-state index in [0.29, 0.717) is 23.7 Å². The summed E-state index contributed by atoms with van der Waals surface area (Å²) in [6.07, 6.45) is 22.5. The van der Waals surface area contributed by atoms with Gasteiger partial charge in [-0.25, -0.2) is 0 Å². The predicted molar refractivity (Wildman–Crippen MR) is 196 cm³/mol. The molecule has 46 heavy (non-hydrogen) atoms. The third kappa shape index (κ3) is 4.22. The summed E-state index contributed by atoms with van der Waals surface area (Å²) in [4.78, 5) is 2.58. The lowest BCUT2D eigenvalue weighted by Gasteiger charge is -2.35. The van der Waals surface area contributed by atoms with Gasteiger partial charge in [0.25, 0.3) is 0 Å². The molecule has 0 radical (unpaired) electrons. The average Bonchev–Trinajstić information content (AvgIpc) is 3.35. The number of benzene rings is 5. The number of allylic oxidation sites excluding steroid dienone is 7. The third-order valence-corrected chi connectivity index (χ3v) is 11.4. The van der Waals surface area contributed by atoms with E-state index in [-0.39, 0.29) is 11.5 Å². The van der Waals surface area contributed by atoms with Crippen molar-refractivity contribution in [2.24, 2.45) is 23.2 Å². The fourth-order valence-corrected chi connectivity index (χ4v) is 9.15. The predicted octanol–water partition coefficient (Wildman–Crippen LogP) is 11.7. The maximum atomic E-state index is 2.58. The Bertz CT molecular complexity index is 2130. The van der Waals surface area contributed by atoms with Crippen LogP contribution in [0.4, 0.5) is 11.4 Å². The van der Waals surface area contributed by atoms with Crippen LogP contribution in [0.25, 0.3) is 33.2 Å². The maximum Gasteiger partial charge on any atom is 0.0560 e. The van der Waals surface area contributed by atoms with Crippen molar-refractivity contribution in [1.82, 2.24) is 0 Å². The van der Waals surface area contributed by atoms with Crippen LogP contribution in [-0.2, 0) is 0 Å². The molecule has 1 heteroatoms. The highest BCUT2D eigenvalue weighted by Gasteiger charge is 2.54. The van der Waals surface area contributed by atoms with Gasteiger partial charge in [0.2, 0.25) is 0 Å². The van der Waals surface area contributed by atoms with Gasteiger partial charge < -0.3 is 4.90 Å². The second-order valence-electron chi connectivity index (χ2n) is 14.1. The average molecular weight is 594 g/mol. The Morgan fingerprint density at radius 2 is 1.43 bits per heavy atom. The molecule has 4 aliphatic carbocycles. The van der Waals surface area contributed by atoms with Crippen LogP contribution in [0.15, 0.2) is 152 Å². The zero-order valence-corrected chi connectivity index (χ0v) is 26.6. The Morgan fingerprint density at radius 1 is 0.652 bits per heavy atom. The Kier molecular flexibility index (Phi) is 6.32. The van der Waals surface area contributed by atoms with Crippen molar-refractivity contribution in [3.8, 4) is 0 Å². The topological polar surface area (TPSA) is 3.24 Å². The van der Waals surface area contributed by atoms with Gasteiger partial charge >= 0.3 is 0 Å². The highest BCUT2D eigenvalue weighted by Crippen LogP contribution is 2.62. The number of rotatable bonds is 4. The quantitative estimate of drug-likeness (QED) is 0.200. The second-order valence-corrected chi connectivity index (χ2v) is 14.1. The van der Waals surface area contributed by atoms with Crippen molar-refractivity contribution in [2.75, 3.05) is 4.90 Å². The standard InChI is InChI=1S/C45H39N/c1-45(2)41-17-9-8-16-39(41)44-38-26-22-33-21-25-35(29-40(33)37(38)27-28-42(44)45)46(43-18-10-14-32-13-6-7-15-36(32)43)34-23-19-31(20-24-34)30-11-4-3-5-12-30/h3-23,25-29,34,39,41-42,44H,24H2,1-2H3. The van der Waals surface area contributed by atoms with Crippen LogP contribution in [0.2, 0.25) is 0 Å². The lowest BCUT2D eigenvalue weighted by Crippen LogP contribution is -2.30. The van der Waals surface area contributed by atoms with Crippen molar-refractivity contribution in [2.45, 2.75) is 32.2 Å². The molecule has 5 aromatic rings. The number of hydrogen-bond donors (Lipinski definition) is 0. The molecule has 1 fully saturated rings. The molecule has 0 bridgehead atoms. The van der Waals surface area contributed by atoms with E-state index in [1.165, 1.54) is 55.2 Å². The highest BCUT2D eigenvalue weighted by atomic mass is 15.2. The van der Waals surface area contributed by atoms with Gasteiger partial charge in [-0.1, -0.05) is 153 Å². The largest absolute Gasteiger partial charge is 0.334 e. The summed E-state index contributed by atoms with van der Waals surface area (Å²) in [5.41, 5.74) is 8.22. The molecule has 0 saturated heterocycles. The minimum absolute atomic E-state index is 0.200. The van der Waals surface area contributed by atoms with Crippen LogP contribution in [0.5, 0.6) is 0 Å². The van der Waals surface area contributed by atoms with E-state index in [4.69, 9.17) is 0 Å². The van der Waals surface area contributed by atoms with Gasteiger partial charge in [-0.15, -0.1) is 0 Å². The van der Waals surface area contributed by atoms with Crippen LogP contribution in [0.1, 0.15) is 42.9 Å². The van der Waals surface area contributed by atoms with Crippen molar-refractivity contribution in [3.63, 3.8) is 0 Å². The first-order chi connectivity index (χ1) is 22.6. The summed E-state index contributed by atoms with van der Waals surface area (Å²) in [5.74, 6) is 2.15. The van der Waals surface area contributed by atoms with Gasteiger partial charge in [-0.05, 0) is 92.1 Å². The highest BCUT2D eigenvalue weighted by molar-refractivity contribution is 5.99. The first-order valence-electron chi connectivity index (χ1n) is 16.9. The molecular formula is C45H39N. The molecule has 224 valence electrons. The molecule has 5 atom stereocenters. The van der Waals surface area contributed by atoms with Gasteiger partial charge in [0.15, 0.2) is 0 Å². The molecular weight excluding hydrogens is 555 g/mol. The first kappa shape index (κ1) is 27.4. The van der Waals surface area contributed by atoms with E-state index >= 15 is 0 Å². The van der Waals surface area contributed by atoms with Crippen LogP contribution >= 0.6 is 0 Å². The van der Waals surface area contributed by atoms with Crippen molar-refractivity contribution in [1.29, 1.82) is 0 Å². The minimum atomic E-state index is 0.200. The number of nitrogens with zero attached hydrogens (tertiary/aromatic N) is 1. The molecule has 5 aromatic carbocycles. The maximum absolute atomic E-state index is 2.58. The Hall–Kier alpha value is -4.88. The molecule has 5 unspecified atom stereocenters. The smallest absolute Gasteiger partial charge is 0.0560 e. The third-order valence-electron chi connectivity index (χ3n) is 11.4. The number of anilines is 2. The Morgan fingerprint density at radius 3 is 2.30 bits per heavy atom. The van der Waals surface area contributed by atoms with Crippen LogP contribution in [0.3, 0.4) is 0 Å². The number of hydrogen-bond acceptors (Lipinski definition) is 1. The van der Waals surface area contributed by atoms with E-state index in [1.54, 1.807) is 0 Å². The molecule has 0 aliphatic heterocycles. The summed E-state index contributed by atoms with van der Waals surface area (Å²) < 4.78 is 0. The summed E-state index contributed by atoms with van der Waals surface area (Å²) in [5, 5.41) is 5.21.